The number of benzene rings is 1. The number of carbonyl (C=O) groups is 1. The monoisotopic (exact) mass is 480 g/mol. The summed E-state index contributed by atoms with van der Waals surface area (Å²) < 4.78 is 7.94. The van der Waals surface area contributed by atoms with Gasteiger partial charge in [0.2, 0.25) is 0 Å². The van der Waals surface area contributed by atoms with Crippen LogP contribution in [0.2, 0.25) is 0 Å². The molecule has 2 aliphatic heterocycles. The van der Waals surface area contributed by atoms with Gasteiger partial charge in [-0.25, -0.2) is 4.79 Å². The van der Waals surface area contributed by atoms with E-state index in [0.29, 0.717) is 6.04 Å². The van der Waals surface area contributed by atoms with E-state index < -0.39 is 6.09 Å². The van der Waals surface area contributed by atoms with Crippen LogP contribution in [0.1, 0.15) is 82.5 Å². The fourth-order valence-electron chi connectivity index (χ4n) is 7.08. The summed E-state index contributed by atoms with van der Waals surface area (Å²) in [4.78, 5) is 16.9. The van der Waals surface area contributed by atoms with Crippen molar-refractivity contribution in [3.05, 3.63) is 35.5 Å². The molecule has 0 unspecified atom stereocenters. The van der Waals surface area contributed by atoms with Crippen molar-refractivity contribution in [1.82, 2.24) is 14.4 Å². The van der Waals surface area contributed by atoms with Crippen molar-refractivity contribution in [2.45, 2.75) is 90.4 Å². The number of ether oxygens (including phenoxy) is 1. The Morgan fingerprint density at radius 1 is 0.971 bits per heavy atom. The van der Waals surface area contributed by atoms with E-state index >= 15 is 0 Å². The van der Waals surface area contributed by atoms with Gasteiger partial charge in [0.05, 0.1) is 5.69 Å². The Labute approximate surface area is 210 Å². The van der Waals surface area contributed by atoms with E-state index in [2.05, 4.69) is 52.5 Å². The SMILES string of the molecule is CC(C)C1CCC(N2CCC(n3c(COC(N)=O)c(CN4CCCC4)c4ccccc43)CC2)CC1. The van der Waals surface area contributed by atoms with Gasteiger partial charge in [0.1, 0.15) is 6.61 Å². The second kappa shape index (κ2) is 10.9. The van der Waals surface area contributed by atoms with Gasteiger partial charge >= 0.3 is 6.09 Å². The number of likely N-dealkylation sites (tertiary alicyclic amines) is 2. The van der Waals surface area contributed by atoms with Crippen molar-refractivity contribution in [2.75, 3.05) is 26.2 Å². The minimum atomic E-state index is -0.694. The van der Waals surface area contributed by atoms with E-state index in [4.69, 9.17) is 10.5 Å². The average molecular weight is 481 g/mol. The third-order valence-corrected chi connectivity index (χ3v) is 9.12. The molecule has 2 saturated heterocycles. The van der Waals surface area contributed by atoms with Gasteiger partial charge < -0.3 is 19.9 Å². The van der Waals surface area contributed by atoms with Crippen LogP contribution < -0.4 is 5.73 Å². The number of rotatable bonds is 7. The van der Waals surface area contributed by atoms with Crippen LogP contribution in [0.5, 0.6) is 0 Å². The summed E-state index contributed by atoms with van der Waals surface area (Å²) in [5, 5.41) is 1.30. The second-order valence-electron chi connectivity index (χ2n) is 11.5. The van der Waals surface area contributed by atoms with Crippen LogP contribution in [0, 0.1) is 11.8 Å². The molecule has 0 spiro atoms. The molecular weight excluding hydrogens is 436 g/mol. The predicted octanol–water partition coefficient (Wildman–Crippen LogP) is 5.68. The summed E-state index contributed by atoms with van der Waals surface area (Å²) in [6.45, 7) is 10.6. The molecular formula is C29H44N4O2. The number of piperidine rings is 1. The summed E-state index contributed by atoms with van der Waals surface area (Å²) in [5.74, 6) is 1.73. The van der Waals surface area contributed by atoms with Crippen LogP contribution in [-0.2, 0) is 17.9 Å². The zero-order valence-electron chi connectivity index (χ0n) is 21.8. The molecule has 1 amide bonds. The van der Waals surface area contributed by atoms with E-state index in [1.165, 1.54) is 55.0 Å². The first-order chi connectivity index (χ1) is 17.0. The smallest absolute Gasteiger partial charge is 0.404 e. The number of hydrogen-bond acceptors (Lipinski definition) is 4. The van der Waals surface area contributed by atoms with Gasteiger partial charge in [0.25, 0.3) is 0 Å². The first-order valence-corrected chi connectivity index (χ1v) is 14.0. The lowest BCUT2D eigenvalue weighted by molar-refractivity contribution is 0.0875. The summed E-state index contributed by atoms with van der Waals surface area (Å²) in [5.41, 5.74) is 9.16. The Kier molecular flexibility index (Phi) is 7.68. The predicted molar refractivity (Wildman–Crippen MR) is 141 cm³/mol. The van der Waals surface area contributed by atoms with Crippen LogP contribution in [0.15, 0.2) is 24.3 Å². The number of amides is 1. The van der Waals surface area contributed by atoms with Crippen LogP contribution in [0.25, 0.3) is 10.9 Å². The Morgan fingerprint density at radius 2 is 1.66 bits per heavy atom. The van der Waals surface area contributed by atoms with Crippen LogP contribution >= 0.6 is 0 Å². The molecule has 1 saturated carbocycles. The molecule has 35 heavy (non-hydrogen) atoms. The Hall–Kier alpha value is -2.05. The number of aromatic nitrogens is 1. The Bertz CT molecular complexity index is 994. The van der Waals surface area contributed by atoms with E-state index in [0.717, 1.165) is 69.1 Å². The summed E-state index contributed by atoms with van der Waals surface area (Å²) in [6, 6.07) is 9.95. The van der Waals surface area contributed by atoms with Gasteiger partial charge in [-0.3, -0.25) is 4.90 Å². The van der Waals surface area contributed by atoms with Gasteiger partial charge in [-0.15, -0.1) is 0 Å². The third kappa shape index (κ3) is 5.39. The van der Waals surface area contributed by atoms with E-state index in [-0.39, 0.29) is 6.61 Å². The molecule has 6 nitrogen and oxygen atoms in total. The van der Waals surface area contributed by atoms with Gasteiger partial charge in [-0.1, -0.05) is 32.0 Å². The van der Waals surface area contributed by atoms with Crippen molar-refractivity contribution in [2.24, 2.45) is 17.6 Å². The molecule has 192 valence electrons. The lowest BCUT2D eigenvalue weighted by Gasteiger charge is -2.42. The zero-order chi connectivity index (χ0) is 24.4. The van der Waals surface area contributed by atoms with Crippen molar-refractivity contribution in [3.8, 4) is 0 Å². The van der Waals surface area contributed by atoms with Crippen LogP contribution in [-0.4, -0.2) is 52.7 Å². The average Bonchev–Trinajstić information content (AvgIpc) is 3.49. The van der Waals surface area contributed by atoms with Crippen LogP contribution in [0.4, 0.5) is 4.79 Å². The summed E-state index contributed by atoms with van der Waals surface area (Å²) >= 11 is 0. The number of hydrogen-bond donors (Lipinski definition) is 1. The largest absolute Gasteiger partial charge is 0.443 e. The number of nitrogens with two attached hydrogens (primary N) is 1. The fraction of sp³-hybridized carbons (Fsp3) is 0.690. The highest BCUT2D eigenvalue weighted by Gasteiger charge is 2.32. The molecule has 0 bridgehead atoms. The maximum atomic E-state index is 11.6. The molecule has 5 rings (SSSR count). The molecule has 3 fully saturated rings. The molecule has 2 N–H and O–H groups in total. The molecule has 3 aliphatic rings. The van der Waals surface area contributed by atoms with Gasteiger partial charge in [-0.2, -0.15) is 0 Å². The zero-order valence-corrected chi connectivity index (χ0v) is 21.8. The molecule has 6 heteroatoms. The molecule has 0 radical (unpaired) electrons. The molecule has 1 aromatic carbocycles. The van der Waals surface area contributed by atoms with Gasteiger partial charge in [0.15, 0.2) is 0 Å². The topological polar surface area (TPSA) is 63.7 Å². The first-order valence-electron chi connectivity index (χ1n) is 14.0. The summed E-state index contributed by atoms with van der Waals surface area (Å²) in [6.07, 6.45) is 9.63. The quantitative estimate of drug-likeness (QED) is 0.553. The standard InChI is InChI=1S/C29H44N4O2/c1-21(2)22-9-11-23(12-10-22)32-17-13-24(14-18-32)33-27-8-4-3-7-25(27)26(19-31-15-5-6-16-31)28(33)20-35-29(30)34/h3-4,7-8,21-24H,5-6,9-20H2,1-2H3,(H2,30,34). The molecule has 0 atom stereocenters. The number of para-hydroxylation sites is 1. The maximum Gasteiger partial charge on any atom is 0.404 e. The van der Waals surface area contributed by atoms with Crippen molar-refractivity contribution in [1.29, 1.82) is 0 Å². The molecule has 1 aromatic heterocycles. The maximum absolute atomic E-state index is 11.6. The number of carbonyl (C=O) groups excluding carboxylic acids is 1. The Morgan fingerprint density at radius 3 is 2.31 bits per heavy atom. The third-order valence-electron chi connectivity index (χ3n) is 9.12. The summed E-state index contributed by atoms with van der Waals surface area (Å²) in [7, 11) is 0. The van der Waals surface area contributed by atoms with Crippen molar-refractivity contribution < 1.29 is 9.53 Å². The molecule has 3 heterocycles. The normalized spacial score (nSPS) is 25.0. The van der Waals surface area contributed by atoms with E-state index in [1.54, 1.807) is 0 Å². The van der Waals surface area contributed by atoms with Crippen LogP contribution in [0.3, 0.4) is 0 Å². The number of fused-ring (bicyclic) bond motifs is 1. The Balaban J connectivity index is 1.36. The minimum absolute atomic E-state index is 0.257. The van der Waals surface area contributed by atoms with Crippen molar-refractivity contribution in [3.63, 3.8) is 0 Å². The van der Waals surface area contributed by atoms with E-state index in [9.17, 15) is 4.79 Å². The second-order valence-corrected chi connectivity index (χ2v) is 11.5. The lowest BCUT2D eigenvalue weighted by Crippen LogP contribution is -2.44. The lowest BCUT2D eigenvalue weighted by atomic mass is 9.79. The van der Waals surface area contributed by atoms with Crippen molar-refractivity contribution >= 4 is 17.0 Å². The highest BCUT2D eigenvalue weighted by molar-refractivity contribution is 5.86. The highest BCUT2D eigenvalue weighted by Crippen LogP contribution is 2.38. The molecule has 1 aliphatic carbocycles. The van der Waals surface area contributed by atoms with Gasteiger partial charge in [0, 0.05) is 42.6 Å². The minimum Gasteiger partial charge on any atom is -0.443 e. The first kappa shape index (κ1) is 24.6. The highest BCUT2D eigenvalue weighted by atomic mass is 16.5. The molecule has 2 aromatic rings. The number of primary amides is 1. The number of nitrogens with zero attached hydrogens (tertiary/aromatic N) is 3. The van der Waals surface area contributed by atoms with E-state index in [1.807, 2.05) is 0 Å². The van der Waals surface area contributed by atoms with Gasteiger partial charge in [-0.05, 0) is 87.9 Å². The fourth-order valence-corrected chi connectivity index (χ4v) is 7.08.